The topological polar surface area (TPSA) is 70.6 Å². The Bertz CT molecular complexity index is 233. The SMILES string of the molecule is CC(C)NC(=O)NCC1(O)CCOC1C. The number of hydrogen-bond acceptors (Lipinski definition) is 3. The second-order valence-electron chi connectivity index (χ2n) is 4.35. The first-order valence-electron chi connectivity index (χ1n) is 5.32. The van der Waals surface area contributed by atoms with Crippen molar-refractivity contribution >= 4 is 6.03 Å². The standard InChI is InChI=1S/C10H20N2O3/c1-7(2)12-9(13)11-6-10(14)4-5-15-8(10)3/h7-8,14H,4-6H2,1-3H3,(H2,11,12,13). The van der Waals surface area contributed by atoms with Crippen LogP contribution in [-0.4, -0.2) is 42.0 Å². The predicted octanol–water partition coefficient (Wildman–Crippen LogP) is 0.234. The van der Waals surface area contributed by atoms with E-state index in [2.05, 4.69) is 10.6 Å². The van der Waals surface area contributed by atoms with Crippen molar-refractivity contribution in [2.75, 3.05) is 13.2 Å². The molecule has 1 heterocycles. The fourth-order valence-corrected chi connectivity index (χ4v) is 1.55. The monoisotopic (exact) mass is 216 g/mol. The summed E-state index contributed by atoms with van der Waals surface area (Å²) in [6.45, 7) is 6.36. The van der Waals surface area contributed by atoms with Crippen LogP contribution in [0.25, 0.3) is 0 Å². The lowest BCUT2D eigenvalue weighted by atomic mass is 9.97. The molecule has 1 rings (SSSR count). The molecule has 88 valence electrons. The van der Waals surface area contributed by atoms with Crippen LogP contribution in [0.15, 0.2) is 0 Å². The number of rotatable bonds is 3. The Balaban J connectivity index is 2.33. The van der Waals surface area contributed by atoms with Gasteiger partial charge in [-0.3, -0.25) is 0 Å². The van der Waals surface area contributed by atoms with Crippen LogP contribution >= 0.6 is 0 Å². The Morgan fingerprint density at radius 2 is 2.33 bits per heavy atom. The molecule has 2 amide bonds. The molecule has 0 aromatic carbocycles. The minimum Gasteiger partial charge on any atom is -0.385 e. The van der Waals surface area contributed by atoms with E-state index in [0.717, 1.165) is 0 Å². The largest absolute Gasteiger partial charge is 0.385 e. The Labute approximate surface area is 90.2 Å². The molecule has 0 aliphatic carbocycles. The van der Waals surface area contributed by atoms with Crippen LogP contribution in [0.4, 0.5) is 4.79 Å². The molecule has 2 unspecified atom stereocenters. The normalized spacial score (nSPS) is 30.6. The summed E-state index contributed by atoms with van der Waals surface area (Å²) in [4.78, 5) is 11.3. The van der Waals surface area contributed by atoms with Gasteiger partial charge in [-0.25, -0.2) is 4.79 Å². The van der Waals surface area contributed by atoms with Crippen LogP contribution in [0, 0.1) is 0 Å². The number of aliphatic hydroxyl groups is 1. The molecule has 1 saturated heterocycles. The maximum Gasteiger partial charge on any atom is 0.315 e. The highest BCUT2D eigenvalue weighted by molar-refractivity contribution is 5.74. The maximum absolute atomic E-state index is 11.3. The van der Waals surface area contributed by atoms with Gasteiger partial charge in [0.25, 0.3) is 0 Å². The third-order valence-corrected chi connectivity index (χ3v) is 2.63. The molecule has 15 heavy (non-hydrogen) atoms. The minimum atomic E-state index is -0.922. The van der Waals surface area contributed by atoms with Gasteiger partial charge in [0.2, 0.25) is 0 Å². The van der Waals surface area contributed by atoms with E-state index in [1.807, 2.05) is 20.8 Å². The number of urea groups is 1. The van der Waals surface area contributed by atoms with E-state index < -0.39 is 5.60 Å². The summed E-state index contributed by atoms with van der Waals surface area (Å²) in [7, 11) is 0. The van der Waals surface area contributed by atoms with E-state index in [0.29, 0.717) is 13.0 Å². The van der Waals surface area contributed by atoms with Crippen molar-refractivity contribution in [1.29, 1.82) is 0 Å². The van der Waals surface area contributed by atoms with Crippen LogP contribution in [0.2, 0.25) is 0 Å². The average molecular weight is 216 g/mol. The average Bonchev–Trinajstić information content (AvgIpc) is 2.44. The quantitative estimate of drug-likeness (QED) is 0.632. The smallest absolute Gasteiger partial charge is 0.315 e. The van der Waals surface area contributed by atoms with Crippen LogP contribution in [-0.2, 0) is 4.74 Å². The van der Waals surface area contributed by atoms with Crippen LogP contribution in [0.3, 0.4) is 0 Å². The lowest BCUT2D eigenvalue weighted by molar-refractivity contribution is -0.0243. The molecule has 5 nitrogen and oxygen atoms in total. The van der Waals surface area contributed by atoms with Gasteiger partial charge >= 0.3 is 6.03 Å². The van der Waals surface area contributed by atoms with Gasteiger partial charge < -0.3 is 20.5 Å². The van der Waals surface area contributed by atoms with Gasteiger partial charge in [-0.1, -0.05) is 0 Å². The zero-order valence-electron chi connectivity index (χ0n) is 9.54. The Kier molecular flexibility index (Phi) is 3.93. The van der Waals surface area contributed by atoms with Crippen molar-refractivity contribution in [2.45, 2.75) is 44.9 Å². The Morgan fingerprint density at radius 1 is 1.67 bits per heavy atom. The zero-order chi connectivity index (χ0) is 11.5. The fourth-order valence-electron chi connectivity index (χ4n) is 1.55. The third kappa shape index (κ3) is 3.35. The van der Waals surface area contributed by atoms with Gasteiger partial charge in [0.15, 0.2) is 0 Å². The fraction of sp³-hybridized carbons (Fsp3) is 0.900. The first-order valence-corrected chi connectivity index (χ1v) is 5.32. The summed E-state index contributed by atoms with van der Waals surface area (Å²) in [6.07, 6.45) is 0.340. The summed E-state index contributed by atoms with van der Waals surface area (Å²) in [5, 5.41) is 15.4. The summed E-state index contributed by atoms with van der Waals surface area (Å²) in [5.41, 5.74) is -0.922. The molecular formula is C10H20N2O3. The first-order chi connectivity index (χ1) is 6.94. The lowest BCUT2D eigenvalue weighted by Gasteiger charge is -2.26. The van der Waals surface area contributed by atoms with Gasteiger partial charge in [-0.05, 0) is 20.8 Å². The number of ether oxygens (including phenoxy) is 1. The van der Waals surface area contributed by atoms with Crippen LogP contribution in [0.1, 0.15) is 27.2 Å². The molecule has 1 aliphatic heterocycles. The number of nitrogens with one attached hydrogen (secondary N) is 2. The maximum atomic E-state index is 11.3. The highest BCUT2D eigenvalue weighted by Gasteiger charge is 2.39. The molecule has 0 aromatic rings. The van der Waals surface area contributed by atoms with Gasteiger partial charge in [-0.2, -0.15) is 0 Å². The van der Waals surface area contributed by atoms with E-state index >= 15 is 0 Å². The number of carbonyl (C=O) groups is 1. The van der Waals surface area contributed by atoms with Crippen molar-refractivity contribution < 1.29 is 14.6 Å². The van der Waals surface area contributed by atoms with E-state index in [9.17, 15) is 9.90 Å². The first kappa shape index (κ1) is 12.3. The highest BCUT2D eigenvalue weighted by atomic mass is 16.5. The van der Waals surface area contributed by atoms with Crippen molar-refractivity contribution in [1.82, 2.24) is 10.6 Å². The minimum absolute atomic E-state index is 0.0943. The second-order valence-corrected chi connectivity index (χ2v) is 4.35. The molecule has 2 atom stereocenters. The number of carbonyl (C=O) groups excluding carboxylic acids is 1. The van der Waals surface area contributed by atoms with Crippen LogP contribution in [0.5, 0.6) is 0 Å². The van der Waals surface area contributed by atoms with Gasteiger partial charge in [-0.15, -0.1) is 0 Å². The molecule has 1 aliphatic rings. The van der Waals surface area contributed by atoms with Gasteiger partial charge in [0, 0.05) is 19.1 Å². The number of hydrogen-bond donors (Lipinski definition) is 3. The molecule has 0 radical (unpaired) electrons. The molecule has 0 spiro atoms. The molecule has 0 aromatic heterocycles. The van der Waals surface area contributed by atoms with Crippen LogP contribution < -0.4 is 10.6 Å². The zero-order valence-corrected chi connectivity index (χ0v) is 9.54. The van der Waals surface area contributed by atoms with E-state index in [4.69, 9.17) is 4.74 Å². The summed E-state index contributed by atoms with van der Waals surface area (Å²) in [6, 6.07) is -0.158. The van der Waals surface area contributed by atoms with Crippen molar-refractivity contribution in [2.24, 2.45) is 0 Å². The highest BCUT2D eigenvalue weighted by Crippen LogP contribution is 2.24. The summed E-state index contributed by atoms with van der Waals surface area (Å²) >= 11 is 0. The van der Waals surface area contributed by atoms with E-state index in [1.54, 1.807) is 0 Å². The van der Waals surface area contributed by atoms with Crippen molar-refractivity contribution in [3.05, 3.63) is 0 Å². The molecule has 5 heteroatoms. The Morgan fingerprint density at radius 3 is 2.80 bits per heavy atom. The van der Waals surface area contributed by atoms with Crippen molar-refractivity contribution in [3.8, 4) is 0 Å². The van der Waals surface area contributed by atoms with Gasteiger partial charge in [0.1, 0.15) is 5.60 Å². The molecule has 0 bridgehead atoms. The van der Waals surface area contributed by atoms with E-state index in [1.165, 1.54) is 0 Å². The molecular weight excluding hydrogens is 196 g/mol. The Hall–Kier alpha value is -0.810. The molecule has 1 fully saturated rings. The predicted molar refractivity (Wildman–Crippen MR) is 56.7 cm³/mol. The molecule has 3 N–H and O–H groups in total. The van der Waals surface area contributed by atoms with Crippen molar-refractivity contribution in [3.63, 3.8) is 0 Å². The number of amides is 2. The summed E-state index contributed by atoms with van der Waals surface area (Å²) in [5.74, 6) is 0. The third-order valence-electron chi connectivity index (χ3n) is 2.63. The van der Waals surface area contributed by atoms with Gasteiger partial charge in [0.05, 0.1) is 12.6 Å². The summed E-state index contributed by atoms with van der Waals surface area (Å²) < 4.78 is 5.26. The molecule has 0 saturated carbocycles. The lowest BCUT2D eigenvalue weighted by Crippen LogP contribution is -2.50. The second kappa shape index (κ2) is 4.81. The van der Waals surface area contributed by atoms with E-state index in [-0.39, 0.29) is 24.7 Å².